The van der Waals surface area contributed by atoms with Crippen molar-refractivity contribution in [2.45, 2.75) is 44.9 Å². The standard InChI is InChI=1S/C21H23BrN2O2/c22-13-8-9-16-17(21(26)24-19(16)11-13)12-20-15(6-4-10-25)14-5-2-1-3-7-18(14)23-20/h8-9,11-12,23,25H,1-7,10H2,(H,24,26). The predicted octanol–water partition coefficient (Wildman–Crippen LogP) is 4.46. The number of aliphatic hydroxyl groups excluding tert-OH is 1. The van der Waals surface area contributed by atoms with E-state index in [0.717, 1.165) is 47.1 Å². The van der Waals surface area contributed by atoms with E-state index in [-0.39, 0.29) is 12.5 Å². The Kier molecular flexibility index (Phi) is 5.00. The molecule has 4 nitrogen and oxygen atoms in total. The number of aliphatic hydroxyl groups is 1. The fourth-order valence-electron chi connectivity index (χ4n) is 4.07. The van der Waals surface area contributed by atoms with Crippen LogP contribution >= 0.6 is 15.9 Å². The number of carbonyl (C=O) groups is 1. The van der Waals surface area contributed by atoms with Crippen molar-refractivity contribution in [1.29, 1.82) is 0 Å². The summed E-state index contributed by atoms with van der Waals surface area (Å²) >= 11 is 3.46. The molecule has 1 aliphatic carbocycles. The number of H-pyrrole nitrogens is 1. The third kappa shape index (κ3) is 3.26. The van der Waals surface area contributed by atoms with E-state index in [2.05, 4.69) is 26.2 Å². The van der Waals surface area contributed by atoms with Crippen LogP contribution in [-0.4, -0.2) is 22.6 Å². The normalized spacial score (nSPS) is 17.8. The molecule has 0 spiro atoms. The lowest BCUT2D eigenvalue weighted by atomic mass is 9.98. The quantitative estimate of drug-likeness (QED) is 0.510. The predicted molar refractivity (Wildman–Crippen MR) is 108 cm³/mol. The van der Waals surface area contributed by atoms with Gasteiger partial charge in [0.25, 0.3) is 5.91 Å². The minimum atomic E-state index is -0.0593. The Morgan fingerprint density at radius 3 is 2.88 bits per heavy atom. The van der Waals surface area contributed by atoms with Crippen LogP contribution in [0.1, 0.15) is 53.8 Å². The molecule has 0 fully saturated rings. The van der Waals surface area contributed by atoms with Gasteiger partial charge < -0.3 is 15.4 Å². The van der Waals surface area contributed by atoms with E-state index in [1.807, 2.05) is 24.3 Å². The van der Waals surface area contributed by atoms with E-state index in [9.17, 15) is 9.90 Å². The van der Waals surface area contributed by atoms with Gasteiger partial charge in [0.15, 0.2) is 0 Å². The van der Waals surface area contributed by atoms with Gasteiger partial charge in [-0.2, -0.15) is 0 Å². The number of aryl methyl sites for hydroxylation is 1. The summed E-state index contributed by atoms with van der Waals surface area (Å²) in [5.41, 5.74) is 7.54. The Morgan fingerprint density at radius 1 is 1.19 bits per heavy atom. The highest BCUT2D eigenvalue weighted by atomic mass is 79.9. The summed E-state index contributed by atoms with van der Waals surface area (Å²) in [7, 11) is 0. The molecule has 1 amide bonds. The minimum Gasteiger partial charge on any atom is -0.396 e. The Labute approximate surface area is 161 Å². The van der Waals surface area contributed by atoms with Crippen molar-refractivity contribution in [2.75, 3.05) is 11.9 Å². The van der Waals surface area contributed by atoms with Crippen LogP contribution < -0.4 is 5.32 Å². The molecule has 0 bridgehead atoms. The van der Waals surface area contributed by atoms with E-state index in [1.54, 1.807) is 0 Å². The molecule has 4 rings (SSSR count). The number of hydrogen-bond donors (Lipinski definition) is 3. The molecule has 0 radical (unpaired) electrons. The summed E-state index contributed by atoms with van der Waals surface area (Å²) in [6, 6.07) is 5.87. The van der Waals surface area contributed by atoms with Crippen molar-refractivity contribution in [3.8, 4) is 0 Å². The van der Waals surface area contributed by atoms with Crippen molar-refractivity contribution in [2.24, 2.45) is 0 Å². The zero-order valence-corrected chi connectivity index (χ0v) is 16.3. The van der Waals surface area contributed by atoms with Crippen LogP contribution in [0.2, 0.25) is 0 Å². The molecule has 2 heterocycles. The van der Waals surface area contributed by atoms with E-state index < -0.39 is 0 Å². The number of fused-ring (bicyclic) bond motifs is 2. The monoisotopic (exact) mass is 414 g/mol. The second-order valence-corrected chi connectivity index (χ2v) is 7.98. The van der Waals surface area contributed by atoms with E-state index in [1.165, 1.54) is 36.1 Å². The second kappa shape index (κ2) is 7.41. The minimum absolute atomic E-state index is 0.0593. The van der Waals surface area contributed by atoms with Crippen LogP contribution in [0.5, 0.6) is 0 Å². The molecule has 1 aliphatic heterocycles. The molecule has 2 aliphatic rings. The molecule has 0 unspecified atom stereocenters. The Bertz CT molecular complexity index is 882. The van der Waals surface area contributed by atoms with Crippen LogP contribution in [0.3, 0.4) is 0 Å². The van der Waals surface area contributed by atoms with Gasteiger partial charge in [0.05, 0.1) is 11.3 Å². The third-order valence-corrected chi connectivity index (χ3v) is 5.82. The lowest BCUT2D eigenvalue weighted by Crippen LogP contribution is -2.04. The fourth-order valence-corrected chi connectivity index (χ4v) is 4.43. The van der Waals surface area contributed by atoms with E-state index in [0.29, 0.717) is 5.57 Å². The smallest absolute Gasteiger partial charge is 0.256 e. The zero-order valence-electron chi connectivity index (χ0n) is 14.7. The average Bonchev–Trinajstić information content (AvgIpc) is 2.99. The average molecular weight is 415 g/mol. The van der Waals surface area contributed by atoms with Gasteiger partial charge >= 0.3 is 0 Å². The first-order chi connectivity index (χ1) is 12.7. The first-order valence-electron chi connectivity index (χ1n) is 9.34. The van der Waals surface area contributed by atoms with Gasteiger partial charge in [-0.1, -0.05) is 28.4 Å². The highest BCUT2D eigenvalue weighted by molar-refractivity contribution is 9.10. The Balaban J connectivity index is 1.78. The highest BCUT2D eigenvalue weighted by Gasteiger charge is 2.26. The lowest BCUT2D eigenvalue weighted by Gasteiger charge is -2.05. The maximum Gasteiger partial charge on any atom is 0.256 e. The molecule has 26 heavy (non-hydrogen) atoms. The molecule has 5 heteroatoms. The number of rotatable bonds is 4. The van der Waals surface area contributed by atoms with Gasteiger partial charge in [0, 0.05) is 28.0 Å². The largest absolute Gasteiger partial charge is 0.396 e. The van der Waals surface area contributed by atoms with Crippen LogP contribution in [-0.2, 0) is 24.1 Å². The number of halogens is 1. The number of carbonyl (C=O) groups excluding carboxylic acids is 1. The number of aromatic amines is 1. The summed E-state index contributed by atoms with van der Waals surface area (Å²) in [5, 5.41) is 12.3. The second-order valence-electron chi connectivity index (χ2n) is 7.06. The fraction of sp³-hybridized carbons (Fsp3) is 0.381. The van der Waals surface area contributed by atoms with Crippen LogP contribution in [0.15, 0.2) is 22.7 Å². The van der Waals surface area contributed by atoms with Crippen LogP contribution in [0, 0.1) is 0 Å². The molecule has 3 N–H and O–H groups in total. The Morgan fingerprint density at radius 2 is 2.04 bits per heavy atom. The highest BCUT2D eigenvalue weighted by Crippen LogP contribution is 2.36. The number of anilines is 1. The summed E-state index contributed by atoms with van der Waals surface area (Å²) < 4.78 is 0.952. The maximum absolute atomic E-state index is 12.5. The number of hydrogen-bond acceptors (Lipinski definition) is 2. The maximum atomic E-state index is 12.5. The molecule has 2 aromatic rings. The SMILES string of the molecule is O=C1Nc2cc(Br)ccc2C1=Cc1[nH]c2c(c1CCCO)CCCCC2. The number of aromatic nitrogens is 1. The van der Waals surface area contributed by atoms with E-state index in [4.69, 9.17) is 0 Å². The van der Waals surface area contributed by atoms with Gasteiger partial charge in [-0.15, -0.1) is 0 Å². The molecule has 136 valence electrons. The lowest BCUT2D eigenvalue weighted by molar-refractivity contribution is -0.110. The van der Waals surface area contributed by atoms with Gasteiger partial charge in [-0.3, -0.25) is 4.79 Å². The molecule has 0 saturated heterocycles. The molecule has 1 aromatic heterocycles. The summed E-state index contributed by atoms with van der Waals surface area (Å²) in [6.07, 6.45) is 9.43. The zero-order chi connectivity index (χ0) is 18.1. The number of benzene rings is 1. The summed E-state index contributed by atoms with van der Waals surface area (Å²) in [5.74, 6) is -0.0593. The topological polar surface area (TPSA) is 65.1 Å². The molecule has 0 saturated carbocycles. The third-order valence-electron chi connectivity index (χ3n) is 5.33. The van der Waals surface area contributed by atoms with Gasteiger partial charge in [0.2, 0.25) is 0 Å². The number of nitrogens with one attached hydrogen (secondary N) is 2. The van der Waals surface area contributed by atoms with Crippen molar-refractivity contribution < 1.29 is 9.90 Å². The molecule has 0 atom stereocenters. The van der Waals surface area contributed by atoms with Crippen LogP contribution in [0.25, 0.3) is 11.6 Å². The molecule has 1 aromatic carbocycles. The molecular formula is C21H23BrN2O2. The molecular weight excluding hydrogens is 392 g/mol. The van der Waals surface area contributed by atoms with E-state index >= 15 is 0 Å². The summed E-state index contributed by atoms with van der Waals surface area (Å²) in [4.78, 5) is 16.1. The van der Waals surface area contributed by atoms with Crippen molar-refractivity contribution in [1.82, 2.24) is 4.98 Å². The van der Waals surface area contributed by atoms with Crippen molar-refractivity contribution in [3.05, 3.63) is 50.8 Å². The first-order valence-corrected chi connectivity index (χ1v) is 10.1. The number of amides is 1. The van der Waals surface area contributed by atoms with Crippen LogP contribution in [0.4, 0.5) is 5.69 Å². The van der Waals surface area contributed by atoms with Crippen molar-refractivity contribution in [3.63, 3.8) is 0 Å². The Hall–Kier alpha value is -1.85. The summed E-state index contributed by atoms with van der Waals surface area (Å²) in [6.45, 7) is 0.188. The first kappa shape index (κ1) is 17.6. The van der Waals surface area contributed by atoms with Gasteiger partial charge in [-0.25, -0.2) is 0 Å². The van der Waals surface area contributed by atoms with Gasteiger partial charge in [0.1, 0.15) is 0 Å². The van der Waals surface area contributed by atoms with Crippen molar-refractivity contribution >= 4 is 39.2 Å². The van der Waals surface area contributed by atoms with Gasteiger partial charge in [-0.05, 0) is 67.9 Å².